The van der Waals surface area contributed by atoms with Gasteiger partial charge in [-0.15, -0.1) is 0 Å². The average molecular weight is 210 g/mol. The van der Waals surface area contributed by atoms with Crippen molar-refractivity contribution in [3.63, 3.8) is 0 Å². The summed E-state index contributed by atoms with van der Waals surface area (Å²) < 4.78 is 5.67. The highest BCUT2D eigenvalue weighted by Gasteiger charge is 2.36. The van der Waals surface area contributed by atoms with Gasteiger partial charge in [-0.2, -0.15) is 0 Å². The normalized spacial score (nSPS) is 43.4. The Balaban J connectivity index is 1.63. The number of nitrogens with zero attached hydrogens (tertiary/aromatic N) is 2. The second kappa shape index (κ2) is 4.04. The second-order valence-corrected chi connectivity index (χ2v) is 5.26. The molecule has 3 heteroatoms. The first kappa shape index (κ1) is 10.1. The Morgan fingerprint density at radius 3 is 2.73 bits per heavy atom. The molecule has 0 aromatic heterocycles. The largest absolute Gasteiger partial charge is 0.377 e. The molecule has 0 saturated carbocycles. The zero-order valence-electron chi connectivity index (χ0n) is 9.69. The van der Waals surface area contributed by atoms with Crippen molar-refractivity contribution in [2.75, 3.05) is 32.8 Å². The smallest absolute Gasteiger partial charge is 0.0703 e. The van der Waals surface area contributed by atoms with Gasteiger partial charge >= 0.3 is 0 Å². The Labute approximate surface area is 92.4 Å². The predicted octanol–water partition coefficient (Wildman–Crippen LogP) is 0.944. The number of fused-ring (bicyclic) bond motifs is 1. The van der Waals surface area contributed by atoms with Crippen LogP contribution in [0.5, 0.6) is 0 Å². The summed E-state index contributed by atoms with van der Waals surface area (Å²) in [5, 5.41) is 0. The molecule has 3 rings (SSSR count). The van der Waals surface area contributed by atoms with Gasteiger partial charge in [0.05, 0.1) is 6.10 Å². The van der Waals surface area contributed by atoms with Crippen molar-refractivity contribution in [3.8, 4) is 0 Å². The van der Waals surface area contributed by atoms with Crippen LogP contribution in [-0.2, 0) is 4.74 Å². The Bertz CT molecular complexity index is 234. The molecule has 3 aliphatic rings. The number of piperazine rings is 1. The molecule has 15 heavy (non-hydrogen) atoms. The molecule has 0 aliphatic carbocycles. The van der Waals surface area contributed by atoms with Crippen LogP contribution in [0.15, 0.2) is 0 Å². The van der Waals surface area contributed by atoms with E-state index in [-0.39, 0.29) is 0 Å². The molecule has 3 fully saturated rings. The maximum absolute atomic E-state index is 5.67. The van der Waals surface area contributed by atoms with E-state index in [1.165, 1.54) is 45.4 Å². The third-order valence-corrected chi connectivity index (χ3v) is 4.42. The summed E-state index contributed by atoms with van der Waals surface area (Å²) in [6.45, 7) is 8.38. The summed E-state index contributed by atoms with van der Waals surface area (Å²) >= 11 is 0. The van der Waals surface area contributed by atoms with Gasteiger partial charge in [0.1, 0.15) is 0 Å². The van der Waals surface area contributed by atoms with Gasteiger partial charge in [-0.05, 0) is 32.7 Å². The van der Waals surface area contributed by atoms with Gasteiger partial charge in [0.15, 0.2) is 0 Å². The lowest BCUT2D eigenvalue weighted by Gasteiger charge is -2.41. The van der Waals surface area contributed by atoms with Gasteiger partial charge in [-0.1, -0.05) is 0 Å². The Kier molecular flexibility index (Phi) is 2.71. The predicted molar refractivity (Wildman–Crippen MR) is 60.0 cm³/mol. The van der Waals surface area contributed by atoms with E-state index >= 15 is 0 Å². The molecule has 3 aliphatic heterocycles. The van der Waals surface area contributed by atoms with Crippen molar-refractivity contribution >= 4 is 0 Å². The molecule has 0 bridgehead atoms. The zero-order valence-corrected chi connectivity index (χ0v) is 9.69. The maximum atomic E-state index is 5.67. The van der Waals surface area contributed by atoms with Gasteiger partial charge in [-0.3, -0.25) is 9.80 Å². The molecule has 3 saturated heterocycles. The molecular formula is C12H22N2O. The van der Waals surface area contributed by atoms with Crippen LogP contribution in [0.3, 0.4) is 0 Å². The fourth-order valence-electron chi connectivity index (χ4n) is 3.52. The van der Waals surface area contributed by atoms with E-state index in [4.69, 9.17) is 4.74 Å². The number of hydrogen-bond acceptors (Lipinski definition) is 3. The molecule has 0 amide bonds. The summed E-state index contributed by atoms with van der Waals surface area (Å²) in [5.41, 5.74) is 0. The summed E-state index contributed by atoms with van der Waals surface area (Å²) in [6, 6.07) is 1.55. The fourth-order valence-corrected chi connectivity index (χ4v) is 3.52. The molecule has 3 atom stereocenters. The lowest BCUT2D eigenvalue weighted by molar-refractivity contribution is 0.0325. The van der Waals surface area contributed by atoms with Crippen molar-refractivity contribution in [1.82, 2.24) is 9.80 Å². The van der Waals surface area contributed by atoms with Gasteiger partial charge < -0.3 is 4.74 Å². The molecule has 0 aromatic rings. The highest BCUT2D eigenvalue weighted by atomic mass is 16.5. The molecule has 0 N–H and O–H groups in total. The minimum Gasteiger partial charge on any atom is -0.377 e. The SMILES string of the molecule is CC1OCCC1N1CCN2CCCC2C1. The maximum Gasteiger partial charge on any atom is 0.0703 e. The molecule has 0 spiro atoms. The first-order valence-corrected chi connectivity index (χ1v) is 6.44. The molecule has 3 nitrogen and oxygen atoms in total. The van der Waals surface area contributed by atoms with Crippen LogP contribution in [0.2, 0.25) is 0 Å². The minimum atomic E-state index is 0.456. The van der Waals surface area contributed by atoms with Crippen LogP contribution < -0.4 is 0 Å². The lowest BCUT2D eigenvalue weighted by atomic mass is 10.1. The van der Waals surface area contributed by atoms with E-state index in [1.807, 2.05) is 0 Å². The Morgan fingerprint density at radius 1 is 1.07 bits per heavy atom. The van der Waals surface area contributed by atoms with Crippen LogP contribution in [0.25, 0.3) is 0 Å². The van der Waals surface area contributed by atoms with Gasteiger partial charge in [0, 0.05) is 38.3 Å². The Morgan fingerprint density at radius 2 is 1.93 bits per heavy atom. The third-order valence-electron chi connectivity index (χ3n) is 4.42. The van der Waals surface area contributed by atoms with E-state index in [2.05, 4.69) is 16.7 Å². The summed E-state index contributed by atoms with van der Waals surface area (Å²) in [7, 11) is 0. The van der Waals surface area contributed by atoms with Gasteiger partial charge in [0.2, 0.25) is 0 Å². The van der Waals surface area contributed by atoms with E-state index < -0.39 is 0 Å². The molecule has 0 aromatic carbocycles. The topological polar surface area (TPSA) is 15.7 Å². The van der Waals surface area contributed by atoms with E-state index in [1.54, 1.807) is 0 Å². The van der Waals surface area contributed by atoms with Crippen molar-refractivity contribution in [2.45, 2.75) is 44.4 Å². The first-order chi connectivity index (χ1) is 7.34. The van der Waals surface area contributed by atoms with E-state index in [0.717, 1.165) is 12.6 Å². The van der Waals surface area contributed by atoms with E-state index in [0.29, 0.717) is 12.1 Å². The van der Waals surface area contributed by atoms with E-state index in [9.17, 15) is 0 Å². The molecular weight excluding hydrogens is 188 g/mol. The van der Waals surface area contributed by atoms with Crippen molar-refractivity contribution in [3.05, 3.63) is 0 Å². The van der Waals surface area contributed by atoms with Crippen LogP contribution in [-0.4, -0.2) is 60.8 Å². The van der Waals surface area contributed by atoms with Gasteiger partial charge in [0.25, 0.3) is 0 Å². The van der Waals surface area contributed by atoms with Crippen molar-refractivity contribution < 1.29 is 4.74 Å². The van der Waals surface area contributed by atoms with Crippen LogP contribution in [0, 0.1) is 0 Å². The van der Waals surface area contributed by atoms with Gasteiger partial charge in [-0.25, -0.2) is 0 Å². The first-order valence-electron chi connectivity index (χ1n) is 6.44. The summed E-state index contributed by atoms with van der Waals surface area (Å²) in [6.07, 6.45) is 4.53. The number of hydrogen-bond donors (Lipinski definition) is 0. The summed E-state index contributed by atoms with van der Waals surface area (Å²) in [5.74, 6) is 0. The number of rotatable bonds is 1. The standard InChI is InChI=1S/C12H22N2O/c1-10-12(4-8-15-10)14-7-6-13-5-2-3-11(13)9-14/h10-12H,2-9H2,1H3. The minimum absolute atomic E-state index is 0.456. The average Bonchev–Trinajstić information content (AvgIpc) is 2.84. The molecule has 0 radical (unpaired) electrons. The van der Waals surface area contributed by atoms with Crippen molar-refractivity contribution in [2.24, 2.45) is 0 Å². The molecule has 3 heterocycles. The monoisotopic (exact) mass is 210 g/mol. The highest BCUT2D eigenvalue weighted by molar-refractivity contribution is 4.92. The summed E-state index contributed by atoms with van der Waals surface area (Å²) in [4.78, 5) is 5.36. The molecule has 86 valence electrons. The number of ether oxygens (including phenoxy) is 1. The third kappa shape index (κ3) is 1.81. The lowest BCUT2D eigenvalue weighted by Crippen LogP contribution is -2.54. The van der Waals surface area contributed by atoms with Crippen LogP contribution in [0.4, 0.5) is 0 Å². The van der Waals surface area contributed by atoms with Crippen LogP contribution >= 0.6 is 0 Å². The fraction of sp³-hybridized carbons (Fsp3) is 1.00. The van der Waals surface area contributed by atoms with Crippen molar-refractivity contribution in [1.29, 1.82) is 0 Å². The van der Waals surface area contributed by atoms with Crippen LogP contribution in [0.1, 0.15) is 26.2 Å². The molecule has 3 unspecified atom stereocenters. The Hall–Kier alpha value is -0.120. The zero-order chi connectivity index (χ0) is 10.3. The second-order valence-electron chi connectivity index (χ2n) is 5.26. The quantitative estimate of drug-likeness (QED) is 0.641. The highest BCUT2D eigenvalue weighted by Crippen LogP contribution is 2.26.